The Kier molecular flexibility index (Phi) is 4.16. The molecule has 1 aromatic rings. The molecular formula is C13H18N4O2S. The summed E-state index contributed by atoms with van der Waals surface area (Å²) in [6.07, 6.45) is 0.161. The van der Waals surface area contributed by atoms with Gasteiger partial charge < -0.3 is 20.7 Å². The number of amides is 1. The predicted octanol–water partition coefficient (Wildman–Crippen LogP) is 1.18. The van der Waals surface area contributed by atoms with Gasteiger partial charge >= 0.3 is 0 Å². The fourth-order valence-electron chi connectivity index (χ4n) is 2.39. The van der Waals surface area contributed by atoms with Crippen LogP contribution in [0.3, 0.4) is 0 Å². The molecule has 1 amide bonds. The lowest BCUT2D eigenvalue weighted by Crippen LogP contribution is -2.45. The maximum absolute atomic E-state index is 11.8. The Hall–Kier alpha value is -1.78. The molecule has 2 heterocycles. The number of carbonyl (C=O) groups excluding carboxylic acids is 1. The first-order valence-corrected chi connectivity index (χ1v) is 7.24. The predicted molar refractivity (Wildman–Crippen MR) is 79.1 cm³/mol. The van der Waals surface area contributed by atoms with Crippen LogP contribution in [0.4, 0.5) is 10.7 Å². The van der Waals surface area contributed by atoms with Crippen LogP contribution in [0.2, 0.25) is 0 Å². The number of hydrogen-bond acceptors (Lipinski definition) is 6. The molecule has 108 valence electrons. The first kappa shape index (κ1) is 14.6. The topological polar surface area (TPSA) is 91.4 Å². The number of nitrogens with zero attached hydrogens (tertiary/aromatic N) is 2. The SMILES string of the molecule is CNC(=O)c1sc(N2CC(C)OC(C)C2)c(C#N)c1N. The third-order valence-corrected chi connectivity index (χ3v) is 4.44. The number of nitriles is 1. The Morgan fingerprint density at radius 2 is 2.10 bits per heavy atom. The molecule has 2 unspecified atom stereocenters. The van der Waals surface area contributed by atoms with Crippen molar-refractivity contribution in [1.29, 1.82) is 5.26 Å². The van der Waals surface area contributed by atoms with E-state index in [1.165, 1.54) is 11.3 Å². The number of morpholine rings is 1. The Bertz CT molecular complexity index is 553. The van der Waals surface area contributed by atoms with Crippen molar-refractivity contribution >= 4 is 27.9 Å². The Balaban J connectivity index is 2.41. The molecule has 0 spiro atoms. The summed E-state index contributed by atoms with van der Waals surface area (Å²) in [6, 6.07) is 2.11. The van der Waals surface area contributed by atoms with Gasteiger partial charge in [-0.05, 0) is 13.8 Å². The van der Waals surface area contributed by atoms with Crippen molar-refractivity contribution in [3.63, 3.8) is 0 Å². The van der Waals surface area contributed by atoms with Crippen molar-refractivity contribution in [2.45, 2.75) is 26.1 Å². The number of hydrogen-bond donors (Lipinski definition) is 2. The van der Waals surface area contributed by atoms with Crippen LogP contribution in [-0.2, 0) is 4.74 Å². The number of nitrogens with one attached hydrogen (secondary N) is 1. The molecule has 3 N–H and O–H groups in total. The van der Waals surface area contributed by atoms with Crippen LogP contribution in [0.5, 0.6) is 0 Å². The van der Waals surface area contributed by atoms with Crippen LogP contribution in [0.25, 0.3) is 0 Å². The van der Waals surface area contributed by atoms with E-state index >= 15 is 0 Å². The number of thiophene rings is 1. The minimum atomic E-state index is -0.260. The lowest BCUT2D eigenvalue weighted by Gasteiger charge is -2.36. The van der Waals surface area contributed by atoms with Gasteiger partial charge in [-0.25, -0.2) is 0 Å². The lowest BCUT2D eigenvalue weighted by molar-refractivity contribution is -0.00501. The molecule has 2 rings (SSSR count). The highest BCUT2D eigenvalue weighted by atomic mass is 32.1. The van der Waals surface area contributed by atoms with Crippen molar-refractivity contribution in [1.82, 2.24) is 5.32 Å². The third kappa shape index (κ3) is 2.57. The smallest absolute Gasteiger partial charge is 0.263 e. The Labute approximate surface area is 122 Å². The van der Waals surface area contributed by atoms with E-state index in [1.54, 1.807) is 7.05 Å². The van der Waals surface area contributed by atoms with Gasteiger partial charge in [0.2, 0.25) is 0 Å². The second-order valence-electron chi connectivity index (χ2n) is 4.88. The molecule has 0 saturated carbocycles. The van der Waals surface area contributed by atoms with Crippen molar-refractivity contribution in [3.05, 3.63) is 10.4 Å². The summed E-state index contributed by atoms with van der Waals surface area (Å²) in [4.78, 5) is 14.3. The second-order valence-corrected chi connectivity index (χ2v) is 5.88. The number of anilines is 2. The number of nitrogens with two attached hydrogens (primary N) is 1. The molecule has 0 aromatic carbocycles. The molecule has 1 aromatic heterocycles. The van der Waals surface area contributed by atoms with E-state index in [1.807, 2.05) is 13.8 Å². The second kappa shape index (κ2) is 5.69. The van der Waals surface area contributed by atoms with Crippen molar-refractivity contribution < 1.29 is 9.53 Å². The molecule has 1 aliphatic rings. The van der Waals surface area contributed by atoms with E-state index in [4.69, 9.17) is 10.5 Å². The summed E-state index contributed by atoms with van der Waals surface area (Å²) >= 11 is 1.26. The van der Waals surface area contributed by atoms with Gasteiger partial charge in [0.1, 0.15) is 21.5 Å². The monoisotopic (exact) mass is 294 g/mol. The Morgan fingerprint density at radius 1 is 1.50 bits per heavy atom. The van der Waals surface area contributed by atoms with Gasteiger partial charge in [-0.1, -0.05) is 0 Å². The minimum Gasteiger partial charge on any atom is -0.396 e. The van der Waals surface area contributed by atoms with Crippen molar-refractivity contribution in [2.24, 2.45) is 0 Å². The number of rotatable bonds is 2. The first-order valence-electron chi connectivity index (χ1n) is 6.42. The van der Waals surface area contributed by atoms with Crippen LogP contribution in [0.1, 0.15) is 29.1 Å². The van der Waals surface area contributed by atoms with Gasteiger partial charge in [-0.2, -0.15) is 5.26 Å². The van der Waals surface area contributed by atoms with Gasteiger partial charge in [-0.15, -0.1) is 11.3 Å². The van der Waals surface area contributed by atoms with E-state index in [0.29, 0.717) is 23.5 Å². The molecule has 6 nitrogen and oxygen atoms in total. The van der Waals surface area contributed by atoms with Crippen LogP contribution in [0.15, 0.2) is 0 Å². The summed E-state index contributed by atoms with van der Waals surface area (Å²) in [6.45, 7) is 5.36. The highest BCUT2D eigenvalue weighted by Crippen LogP contribution is 2.38. The lowest BCUT2D eigenvalue weighted by atomic mass is 10.2. The molecule has 0 bridgehead atoms. The summed E-state index contributed by atoms with van der Waals surface area (Å²) in [5, 5.41) is 12.6. The Morgan fingerprint density at radius 3 is 2.60 bits per heavy atom. The zero-order valence-corrected chi connectivity index (χ0v) is 12.6. The molecule has 1 fully saturated rings. The molecule has 0 radical (unpaired) electrons. The molecule has 1 saturated heterocycles. The maximum atomic E-state index is 11.8. The number of nitrogen functional groups attached to an aromatic ring is 1. The normalized spacial score (nSPS) is 22.4. The van der Waals surface area contributed by atoms with E-state index in [9.17, 15) is 10.1 Å². The minimum absolute atomic E-state index is 0.0806. The quantitative estimate of drug-likeness (QED) is 0.854. The van der Waals surface area contributed by atoms with E-state index in [2.05, 4.69) is 16.3 Å². The fraction of sp³-hybridized carbons (Fsp3) is 0.538. The summed E-state index contributed by atoms with van der Waals surface area (Å²) in [5.74, 6) is -0.260. The summed E-state index contributed by atoms with van der Waals surface area (Å²) in [5.41, 5.74) is 6.58. The van der Waals surface area contributed by atoms with E-state index < -0.39 is 0 Å². The number of carbonyl (C=O) groups is 1. The van der Waals surface area contributed by atoms with Crippen molar-refractivity contribution in [3.8, 4) is 6.07 Å². The molecule has 0 aliphatic carbocycles. The summed E-state index contributed by atoms with van der Waals surface area (Å²) < 4.78 is 5.69. The molecule has 7 heteroatoms. The highest BCUT2D eigenvalue weighted by molar-refractivity contribution is 7.19. The standard InChI is InChI=1S/C13H18N4O2S/c1-7-5-17(6-8(2)19-7)13-9(4-14)10(15)11(20-13)12(18)16-3/h7-8H,5-6,15H2,1-3H3,(H,16,18). The van der Waals surface area contributed by atoms with Gasteiger partial charge in [0.05, 0.1) is 17.9 Å². The van der Waals surface area contributed by atoms with Gasteiger partial charge in [-0.3, -0.25) is 4.79 Å². The fourth-order valence-corrected chi connectivity index (χ4v) is 3.52. The average Bonchev–Trinajstić information content (AvgIpc) is 2.73. The highest BCUT2D eigenvalue weighted by Gasteiger charge is 2.29. The van der Waals surface area contributed by atoms with Gasteiger partial charge in [0.25, 0.3) is 5.91 Å². The number of ether oxygens (including phenoxy) is 1. The molecule has 20 heavy (non-hydrogen) atoms. The van der Waals surface area contributed by atoms with Crippen LogP contribution in [0, 0.1) is 11.3 Å². The summed E-state index contributed by atoms with van der Waals surface area (Å²) in [7, 11) is 1.55. The van der Waals surface area contributed by atoms with E-state index in [-0.39, 0.29) is 23.8 Å². The third-order valence-electron chi connectivity index (χ3n) is 3.18. The van der Waals surface area contributed by atoms with Crippen LogP contribution < -0.4 is 16.0 Å². The van der Waals surface area contributed by atoms with E-state index in [0.717, 1.165) is 5.00 Å². The van der Waals surface area contributed by atoms with Crippen LogP contribution >= 0.6 is 11.3 Å². The molecular weight excluding hydrogens is 276 g/mol. The first-order chi connectivity index (χ1) is 9.47. The zero-order chi connectivity index (χ0) is 14.9. The largest absolute Gasteiger partial charge is 0.396 e. The maximum Gasteiger partial charge on any atom is 0.263 e. The molecule has 2 atom stereocenters. The van der Waals surface area contributed by atoms with Gasteiger partial charge in [0.15, 0.2) is 0 Å². The van der Waals surface area contributed by atoms with Gasteiger partial charge in [0, 0.05) is 20.1 Å². The average molecular weight is 294 g/mol. The van der Waals surface area contributed by atoms with Crippen molar-refractivity contribution in [2.75, 3.05) is 30.8 Å². The van der Waals surface area contributed by atoms with Crippen LogP contribution in [-0.4, -0.2) is 38.3 Å². The zero-order valence-electron chi connectivity index (χ0n) is 11.8. The molecule has 1 aliphatic heterocycles.